The summed E-state index contributed by atoms with van der Waals surface area (Å²) in [5.74, 6) is -1.27. The lowest BCUT2D eigenvalue weighted by Crippen LogP contribution is -2.47. The summed E-state index contributed by atoms with van der Waals surface area (Å²) in [7, 11) is 0. The molecule has 0 aromatic heterocycles. The highest BCUT2D eigenvalue weighted by molar-refractivity contribution is 6.01. The maximum atomic E-state index is 12.3. The molecule has 1 aromatic rings. The van der Waals surface area contributed by atoms with E-state index in [1.807, 2.05) is 0 Å². The first-order valence-corrected chi connectivity index (χ1v) is 6.90. The van der Waals surface area contributed by atoms with E-state index < -0.39 is 36.0 Å². The second-order valence-corrected chi connectivity index (χ2v) is 5.17. The molecule has 2 rings (SSSR count). The van der Waals surface area contributed by atoms with Gasteiger partial charge in [-0.1, -0.05) is 6.07 Å². The van der Waals surface area contributed by atoms with Crippen LogP contribution in [0.2, 0.25) is 0 Å². The molecule has 0 radical (unpaired) electrons. The molecule has 1 unspecified atom stereocenters. The topological polar surface area (TPSA) is 84.7 Å². The number of nitrogens with one attached hydrogen (secondary N) is 1. The van der Waals surface area contributed by atoms with E-state index in [0.29, 0.717) is 6.42 Å². The fraction of sp³-hybridized carbons (Fsp3) is 0.429. The van der Waals surface area contributed by atoms with E-state index in [1.165, 1.54) is 24.0 Å². The molecule has 1 aliphatic heterocycles. The van der Waals surface area contributed by atoms with Gasteiger partial charge in [-0.2, -0.15) is 0 Å². The summed E-state index contributed by atoms with van der Waals surface area (Å²) < 4.78 is 40.6. The Labute approximate surface area is 142 Å². The highest BCUT2D eigenvalue weighted by atomic mass is 35.5. The number of rotatable bonds is 4. The molecule has 1 saturated heterocycles. The van der Waals surface area contributed by atoms with Crippen LogP contribution in [0.25, 0.3) is 0 Å². The van der Waals surface area contributed by atoms with Crippen molar-refractivity contribution in [3.8, 4) is 5.75 Å². The van der Waals surface area contributed by atoms with E-state index in [9.17, 15) is 22.8 Å². The maximum absolute atomic E-state index is 12.3. The Morgan fingerprint density at radius 2 is 2.12 bits per heavy atom. The lowest BCUT2D eigenvalue weighted by molar-refractivity contribution is -0.274. The lowest BCUT2D eigenvalue weighted by Gasteiger charge is -2.19. The van der Waals surface area contributed by atoms with Crippen LogP contribution in [0.1, 0.15) is 13.3 Å². The summed E-state index contributed by atoms with van der Waals surface area (Å²) >= 11 is 0. The second kappa shape index (κ2) is 7.71. The molecule has 10 heteroatoms. The Hall–Kier alpha value is -2.00. The molecule has 0 saturated carbocycles. The second-order valence-electron chi connectivity index (χ2n) is 5.17. The van der Waals surface area contributed by atoms with Crippen molar-refractivity contribution >= 4 is 29.9 Å². The number of nitrogens with zero attached hydrogens (tertiary/aromatic N) is 1. The average Bonchev–Trinajstić information content (AvgIpc) is 2.78. The molecule has 0 bridgehead atoms. The van der Waals surface area contributed by atoms with Crippen molar-refractivity contribution in [1.29, 1.82) is 0 Å². The minimum atomic E-state index is -4.80. The number of carbonyl (C=O) groups is 2. The minimum absolute atomic E-state index is 0. The Kier molecular flexibility index (Phi) is 6.44. The number of amides is 2. The third kappa shape index (κ3) is 5.00. The fourth-order valence-electron chi connectivity index (χ4n) is 2.22. The van der Waals surface area contributed by atoms with Gasteiger partial charge < -0.3 is 20.7 Å². The van der Waals surface area contributed by atoms with Gasteiger partial charge in [0.15, 0.2) is 0 Å². The Morgan fingerprint density at radius 1 is 1.46 bits per heavy atom. The van der Waals surface area contributed by atoms with Gasteiger partial charge in [-0.3, -0.25) is 9.59 Å². The predicted molar refractivity (Wildman–Crippen MR) is 82.9 cm³/mol. The van der Waals surface area contributed by atoms with Crippen LogP contribution in [0.15, 0.2) is 24.3 Å². The highest BCUT2D eigenvalue weighted by Gasteiger charge is 2.35. The van der Waals surface area contributed by atoms with Crippen LogP contribution in [0.5, 0.6) is 5.75 Å². The van der Waals surface area contributed by atoms with Crippen molar-refractivity contribution in [3.63, 3.8) is 0 Å². The van der Waals surface area contributed by atoms with Crippen molar-refractivity contribution in [2.24, 2.45) is 5.73 Å². The standard InChI is InChI=1S/C14H16F3N3O3.ClH/c1-8(18)12(21)19-11-5-6-20(13(11)22)9-3-2-4-10(7-9)23-14(15,16)17;/h2-4,7-8,11H,5-6,18H2,1H3,(H,19,21);1H/t8-,11?;/m0./s1. The number of halogens is 4. The van der Waals surface area contributed by atoms with E-state index in [1.54, 1.807) is 0 Å². The molecule has 0 spiro atoms. The zero-order valence-electron chi connectivity index (χ0n) is 12.7. The van der Waals surface area contributed by atoms with Gasteiger partial charge in [-0.05, 0) is 25.5 Å². The number of alkyl halides is 3. The van der Waals surface area contributed by atoms with Gasteiger partial charge in [0.05, 0.1) is 6.04 Å². The van der Waals surface area contributed by atoms with Crippen molar-refractivity contribution in [2.45, 2.75) is 31.8 Å². The Balaban J connectivity index is 0.00000288. The van der Waals surface area contributed by atoms with E-state index in [0.717, 1.165) is 12.1 Å². The number of ether oxygens (including phenoxy) is 1. The third-order valence-electron chi connectivity index (χ3n) is 3.30. The first kappa shape index (κ1) is 20.0. The number of hydrogen-bond donors (Lipinski definition) is 2. The smallest absolute Gasteiger partial charge is 0.406 e. The first-order valence-electron chi connectivity index (χ1n) is 6.90. The molecular weight excluding hydrogens is 351 g/mol. The van der Waals surface area contributed by atoms with E-state index in [2.05, 4.69) is 10.1 Å². The number of carbonyl (C=O) groups excluding carboxylic acids is 2. The molecule has 2 atom stereocenters. The molecule has 6 nitrogen and oxygen atoms in total. The molecule has 1 fully saturated rings. The van der Waals surface area contributed by atoms with Crippen LogP contribution in [-0.2, 0) is 9.59 Å². The summed E-state index contributed by atoms with van der Waals surface area (Å²) in [6.07, 6.45) is -4.46. The third-order valence-corrected chi connectivity index (χ3v) is 3.30. The van der Waals surface area contributed by atoms with Crippen LogP contribution >= 0.6 is 12.4 Å². The zero-order valence-corrected chi connectivity index (χ0v) is 13.5. The molecule has 1 aliphatic rings. The monoisotopic (exact) mass is 367 g/mol. The molecule has 3 N–H and O–H groups in total. The normalized spacial score (nSPS) is 18.8. The van der Waals surface area contributed by atoms with Gasteiger partial charge in [0, 0.05) is 18.3 Å². The lowest BCUT2D eigenvalue weighted by atomic mass is 10.2. The van der Waals surface area contributed by atoms with E-state index in [4.69, 9.17) is 5.73 Å². The van der Waals surface area contributed by atoms with Gasteiger partial charge in [0.25, 0.3) is 0 Å². The average molecular weight is 368 g/mol. The highest BCUT2D eigenvalue weighted by Crippen LogP contribution is 2.29. The van der Waals surface area contributed by atoms with Crippen LogP contribution in [0.4, 0.5) is 18.9 Å². The zero-order chi connectivity index (χ0) is 17.2. The molecule has 1 heterocycles. The maximum Gasteiger partial charge on any atom is 0.573 e. The molecule has 134 valence electrons. The Bertz CT molecular complexity index is 610. The van der Waals surface area contributed by atoms with E-state index in [-0.39, 0.29) is 24.6 Å². The Morgan fingerprint density at radius 3 is 2.71 bits per heavy atom. The van der Waals surface area contributed by atoms with Gasteiger partial charge >= 0.3 is 6.36 Å². The van der Waals surface area contributed by atoms with Crippen molar-refractivity contribution in [2.75, 3.05) is 11.4 Å². The minimum Gasteiger partial charge on any atom is -0.406 e. The molecule has 0 aliphatic carbocycles. The SMILES string of the molecule is C[C@H](N)C(=O)NC1CCN(c2cccc(OC(F)(F)F)c2)C1=O.Cl. The summed E-state index contributed by atoms with van der Waals surface area (Å²) in [4.78, 5) is 25.1. The van der Waals surface area contributed by atoms with Crippen LogP contribution < -0.4 is 20.7 Å². The molecule has 2 amide bonds. The number of anilines is 1. The van der Waals surface area contributed by atoms with Crippen molar-refractivity contribution in [1.82, 2.24) is 5.32 Å². The van der Waals surface area contributed by atoms with Gasteiger partial charge in [0.2, 0.25) is 11.8 Å². The van der Waals surface area contributed by atoms with Gasteiger partial charge in [-0.25, -0.2) is 0 Å². The molecule has 1 aromatic carbocycles. The largest absolute Gasteiger partial charge is 0.573 e. The van der Waals surface area contributed by atoms with Gasteiger partial charge in [-0.15, -0.1) is 25.6 Å². The summed E-state index contributed by atoms with van der Waals surface area (Å²) in [5, 5.41) is 2.51. The summed E-state index contributed by atoms with van der Waals surface area (Å²) in [6, 6.07) is 3.64. The predicted octanol–water partition coefficient (Wildman–Crippen LogP) is 1.58. The molecular formula is C14H17ClF3N3O3. The quantitative estimate of drug-likeness (QED) is 0.846. The summed E-state index contributed by atoms with van der Waals surface area (Å²) in [6.45, 7) is 1.77. The summed E-state index contributed by atoms with van der Waals surface area (Å²) in [5.41, 5.74) is 5.70. The van der Waals surface area contributed by atoms with Crippen LogP contribution in [0.3, 0.4) is 0 Å². The van der Waals surface area contributed by atoms with Crippen molar-refractivity contribution < 1.29 is 27.5 Å². The van der Waals surface area contributed by atoms with Crippen molar-refractivity contribution in [3.05, 3.63) is 24.3 Å². The van der Waals surface area contributed by atoms with E-state index >= 15 is 0 Å². The van der Waals surface area contributed by atoms with Gasteiger partial charge in [0.1, 0.15) is 11.8 Å². The number of hydrogen-bond acceptors (Lipinski definition) is 4. The molecule has 24 heavy (non-hydrogen) atoms. The number of nitrogens with two attached hydrogens (primary N) is 1. The number of benzene rings is 1. The van der Waals surface area contributed by atoms with Crippen LogP contribution in [0, 0.1) is 0 Å². The fourth-order valence-corrected chi connectivity index (χ4v) is 2.22. The van der Waals surface area contributed by atoms with Crippen LogP contribution in [-0.4, -0.2) is 36.8 Å². The first-order chi connectivity index (χ1) is 10.7.